The molecule has 0 aliphatic carbocycles. The molecule has 19 heavy (non-hydrogen) atoms. The zero-order chi connectivity index (χ0) is 14.3. The van der Waals surface area contributed by atoms with Gasteiger partial charge in [0.1, 0.15) is 11.6 Å². The smallest absolute Gasteiger partial charge is 0.276 e. The van der Waals surface area contributed by atoms with E-state index >= 15 is 0 Å². The van der Waals surface area contributed by atoms with E-state index in [1.807, 2.05) is 6.92 Å². The van der Waals surface area contributed by atoms with Gasteiger partial charge in [-0.3, -0.25) is 14.9 Å². The summed E-state index contributed by atoms with van der Waals surface area (Å²) in [5.41, 5.74) is 2.06. The Morgan fingerprint density at radius 1 is 1.47 bits per heavy atom. The number of nitrogens with two attached hydrogens (primary N) is 1. The number of amides is 1. The average Bonchev–Trinajstić information content (AvgIpc) is 2.42. The predicted molar refractivity (Wildman–Crippen MR) is 70.5 cm³/mol. The number of aromatic nitrogens is 1. The number of nitrogens with one attached hydrogen (secondary N) is 3. The quantitative estimate of drug-likeness (QED) is 0.315. The largest absolute Gasteiger partial charge is 0.361 e. The molecular formula is C10H16N6O3. The van der Waals surface area contributed by atoms with Crippen molar-refractivity contribution < 1.29 is 9.72 Å². The van der Waals surface area contributed by atoms with Crippen molar-refractivity contribution in [2.45, 2.75) is 13.3 Å². The van der Waals surface area contributed by atoms with E-state index in [2.05, 4.69) is 21.0 Å². The monoisotopic (exact) mass is 268 g/mol. The Morgan fingerprint density at radius 2 is 2.16 bits per heavy atom. The summed E-state index contributed by atoms with van der Waals surface area (Å²) in [6.07, 6.45) is 0.835. The Labute approximate surface area is 109 Å². The summed E-state index contributed by atoms with van der Waals surface area (Å²) in [4.78, 5) is 25.5. The lowest BCUT2D eigenvalue weighted by Gasteiger charge is -2.07. The first-order valence-corrected chi connectivity index (χ1v) is 5.70. The second-order valence-corrected chi connectivity index (χ2v) is 3.70. The summed E-state index contributed by atoms with van der Waals surface area (Å²) >= 11 is 0. The maximum absolute atomic E-state index is 11.4. The lowest BCUT2D eigenvalue weighted by Crippen LogP contribution is -2.30. The van der Waals surface area contributed by atoms with Crippen molar-refractivity contribution in [2.75, 3.05) is 23.8 Å². The van der Waals surface area contributed by atoms with Crippen LogP contribution in [0.1, 0.15) is 13.3 Å². The molecule has 9 nitrogen and oxygen atoms in total. The summed E-state index contributed by atoms with van der Waals surface area (Å²) in [5.74, 6) is 5.30. The minimum Gasteiger partial charge on any atom is -0.361 e. The molecule has 0 atom stereocenters. The Hall–Kier alpha value is -2.42. The molecule has 0 spiro atoms. The highest BCUT2D eigenvalue weighted by atomic mass is 16.6. The number of carbonyl (C=O) groups is 1. The van der Waals surface area contributed by atoms with E-state index in [1.165, 1.54) is 12.1 Å². The lowest BCUT2D eigenvalue weighted by molar-refractivity contribution is -0.384. The zero-order valence-corrected chi connectivity index (χ0v) is 10.5. The molecule has 1 heterocycles. The lowest BCUT2D eigenvalue weighted by atomic mass is 10.3. The molecule has 104 valence electrons. The molecule has 0 radical (unpaired) electrons. The first-order chi connectivity index (χ1) is 9.06. The van der Waals surface area contributed by atoms with Crippen LogP contribution < -0.4 is 21.9 Å². The van der Waals surface area contributed by atoms with Crippen LogP contribution in [0.25, 0.3) is 0 Å². The summed E-state index contributed by atoms with van der Waals surface area (Å²) in [6, 6.07) is 2.43. The van der Waals surface area contributed by atoms with Gasteiger partial charge in [0.05, 0.1) is 23.6 Å². The number of pyridine rings is 1. The number of nitrogen functional groups attached to an aromatic ring is 1. The zero-order valence-electron chi connectivity index (χ0n) is 10.5. The van der Waals surface area contributed by atoms with Crippen LogP contribution in [0, 0.1) is 10.1 Å². The van der Waals surface area contributed by atoms with E-state index in [9.17, 15) is 14.9 Å². The molecule has 9 heteroatoms. The first kappa shape index (κ1) is 14.6. The molecule has 0 fully saturated rings. The predicted octanol–water partition coefficient (Wildman–Crippen LogP) is 0.213. The van der Waals surface area contributed by atoms with Crippen LogP contribution in [0.15, 0.2) is 12.1 Å². The number of hydrogen-bond donors (Lipinski definition) is 4. The normalized spacial score (nSPS) is 9.79. The molecule has 1 aromatic heterocycles. The molecule has 0 aliphatic heterocycles. The molecule has 0 aromatic carbocycles. The third kappa shape index (κ3) is 4.76. The van der Waals surface area contributed by atoms with Gasteiger partial charge >= 0.3 is 0 Å². The van der Waals surface area contributed by atoms with E-state index in [1.54, 1.807) is 0 Å². The minimum atomic E-state index is -0.565. The van der Waals surface area contributed by atoms with E-state index in [0.717, 1.165) is 6.42 Å². The molecule has 0 unspecified atom stereocenters. The molecule has 5 N–H and O–H groups in total. The molecule has 0 aliphatic rings. The molecule has 0 saturated carbocycles. The SMILES string of the molecule is CCCNC(=O)CNc1cc([N+](=O)[O-])cc(NN)n1. The second kappa shape index (κ2) is 7.11. The van der Waals surface area contributed by atoms with Gasteiger partial charge in [0.15, 0.2) is 0 Å². The Bertz CT molecular complexity index is 465. The number of hydrogen-bond acceptors (Lipinski definition) is 7. The Morgan fingerprint density at radius 3 is 2.74 bits per heavy atom. The van der Waals surface area contributed by atoms with Crippen molar-refractivity contribution in [3.05, 3.63) is 22.2 Å². The molecule has 0 saturated heterocycles. The van der Waals surface area contributed by atoms with Crippen LogP contribution in [0.3, 0.4) is 0 Å². The fraction of sp³-hybridized carbons (Fsp3) is 0.400. The van der Waals surface area contributed by atoms with E-state index < -0.39 is 4.92 Å². The Kier molecular flexibility index (Phi) is 5.48. The van der Waals surface area contributed by atoms with Gasteiger partial charge in [-0.2, -0.15) is 0 Å². The van der Waals surface area contributed by atoms with E-state index in [4.69, 9.17) is 5.84 Å². The number of nitro groups is 1. The maximum Gasteiger partial charge on any atom is 0.276 e. The average molecular weight is 268 g/mol. The van der Waals surface area contributed by atoms with Crippen molar-refractivity contribution in [3.63, 3.8) is 0 Å². The fourth-order valence-electron chi connectivity index (χ4n) is 1.28. The highest BCUT2D eigenvalue weighted by molar-refractivity contribution is 5.80. The topological polar surface area (TPSA) is 135 Å². The number of carbonyl (C=O) groups excluding carboxylic acids is 1. The number of nitrogens with zero attached hydrogens (tertiary/aromatic N) is 2. The standard InChI is InChI=1S/C10H16N6O3/c1-2-3-12-10(17)6-13-8-4-7(16(18)19)5-9(14-8)15-11/h4-5H,2-3,6,11H2,1H3,(H,12,17)(H2,13,14,15). The highest BCUT2D eigenvalue weighted by Gasteiger charge is 2.11. The Balaban J connectivity index is 2.69. The number of anilines is 2. The van der Waals surface area contributed by atoms with Crippen molar-refractivity contribution in [2.24, 2.45) is 5.84 Å². The third-order valence-electron chi connectivity index (χ3n) is 2.17. The first-order valence-electron chi connectivity index (χ1n) is 5.70. The van der Waals surface area contributed by atoms with Gasteiger partial charge in [0, 0.05) is 6.54 Å². The van der Waals surface area contributed by atoms with Gasteiger partial charge < -0.3 is 16.1 Å². The van der Waals surface area contributed by atoms with Crippen molar-refractivity contribution >= 4 is 23.2 Å². The van der Waals surface area contributed by atoms with Gasteiger partial charge in [-0.1, -0.05) is 6.92 Å². The van der Waals surface area contributed by atoms with E-state index in [-0.39, 0.29) is 29.8 Å². The van der Waals surface area contributed by atoms with Crippen LogP contribution in [0.5, 0.6) is 0 Å². The van der Waals surface area contributed by atoms with Gasteiger partial charge in [-0.05, 0) is 6.42 Å². The van der Waals surface area contributed by atoms with Crippen molar-refractivity contribution in [1.29, 1.82) is 0 Å². The van der Waals surface area contributed by atoms with Crippen LogP contribution >= 0.6 is 0 Å². The van der Waals surface area contributed by atoms with Crippen LogP contribution in [0.2, 0.25) is 0 Å². The van der Waals surface area contributed by atoms with Crippen LogP contribution in [0.4, 0.5) is 17.3 Å². The van der Waals surface area contributed by atoms with Gasteiger partial charge in [0.25, 0.3) is 5.69 Å². The van der Waals surface area contributed by atoms with Gasteiger partial charge in [0.2, 0.25) is 5.91 Å². The number of rotatable bonds is 7. The fourth-order valence-corrected chi connectivity index (χ4v) is 1.28. The summed E-state index contributed by atoms with van der Waals surface area (Å²) in [7, 11) is 0. The molecule has 1 amide bonds. The maximum atomic E-state index is 11.4. The van der Waals surface area contributed by atoms with E-state index in [0.29, 0.717) is 6.54 Å². The highest BCUT2D eigenvalue weighted by Crippen LogP contribution is 2.19. The van der Waals surface area contributed by atoms with Gasteiger partial charge in [-0.15, -0.1) is 0 Å². The summed E-state index contributed by atoms with van der Waals surface area (Å²) in [6.45, 7) is 2.51. The second-order valence-electron chi connectivity index (χ2n) is 3.70. The molecule has 1 aromatic rings. The molecule has 0 bridgehead atoms. The van der Waals surface area contributed by atoms with Crippen molar-refractivity contribution in [3.8, 4) is 0 Å². The third-order valence-corrected chi connectivity index (χ3v) is 2.17. The van der Waals surface area contributed by atoms with Gasteiger partial charge in [-0.25, -0.2) is 10.8 Å². The number of hydrazine groups is 1. The molecule has 1 rings (SSSR count). The summed E-state index contributed by atoms with van der Waals surface area (Å²) in [5, 5.41) is 16.1. The van der Waals surface area contributed by atoms with Crippen LogP contribution in [-0.2, 0) is 4.79 Å². The van der Waals surface area contributed by atoms with Crippen LogP contribution in [-0.4, -0.2) is 28.9 Å². The summed E-state index contributed by atoms with van der Waals surface area (Å²) < 4.78 is 0. The van der Waals surface area contributed by atoms with Crippen molar-refractivity contribution in [1.82, 2.24) is 10.3 Å². The molecular weight excluding hydrogens is 252 g/mol. The minimum absolute atomic E-state index is 0.0157.